The number of aromatic amines is 2. The molecule has 0 spiro atoms. The standard InChI is InChI=1S/C10H15N3O3/c1-10(2)6(3-7(10)14)13-8(15)5-4-11-9(16)12-5/h4,6-7,14H,3H2,1-2H3,(H,13,15)(H2,11,12,16). The Kier molecular flexibility index (Phi) is 2.38. The van der Waals surface area contributed by atoms with Crippen LogP contribution < -0.4 is 11.0 Å². The lowest BCUT2D eigenvalue weighted by Gasteiger charge is -2.49. The van der Waals surface area contributed by atoms with E-state index >= 15 is 0 Å². The summed E-state index contributed by atoms with van der Waals surface area (Å²) in [5.74, 6) is -0.330. The lowest BCUT2D eigenvalue weighted by atomic mass is 9.64. The van der Waals surface area contributed by atoms with Gasteiger partial charge in [0.2, 0.25) is 0 Å². The van der Waals surface area contributed by atoms with Gasteiger partial charge in [-0.15, -0.1) is 0 Å². The van der Waals surface area contributed by atoms with Crippen molar-refractivity contribution < 1.29 is 9.90 Å². The second kappa shape index (κ2) is 3.48. The fourth-order valence-corrected chi connectivity index (χ4v) is 1.84. The average Bonchev–Trinajstić information content (AvgIpc) is 2.64. The second-order valence-electron chi connectivity index (χ2n) is 4.76. The first-order valence-electron chi connectivity index (χ1n) is 5.18. The molecule has 1 aliphatic rings. The van der Waals surface area contributed by atoms with Gasteiger partial charge in [0.15, 0.2) is 0 Å². The van der Waals surface area contributed by atoms with E-state index in [4.69, 9.17) is 0 Å². The Morgan fingerprint density at radius 3 is 2.75 bits per heavy atom. The summed E-state index contributed by atoms with van der Waals surface area (Å²) in [6, 6.07) is -0.0617. The monoisotopic (exact) mass is 225 g/mol. The average molecular weight is 225 g/mol. The number of aromatic nitrogens is 2. The minimum Gasteiger partial charge on any atom is -0.392 e. The molecule has 0 bridgehead atoms. The highest BCUT2D eigenvalue weighted by Crippen LogP contribution is 2.40. The Bertz CT molecular complexity index is 460. The summed E-state index contributed by atoms with van der Waals surface area (Å²) in [6.45, 7) is 3.79. The highest BCUT2D eigenvalue weighted by atomic mass is 16.3. The van der Waals surface area contributed by atoms with Crippen LogP contribution in [0.5, 0.6) is 0 Å². The highest BCUT2D eigenvalue weighted by molar-refractivity contribution is 5.92. The van der Waals surface area contributed by atoms with Crippen LogP contribution in [-0.4, -0.2) is 33.1 Å². The van der Waals surface area contributed by atoms with E-state index in [1.807, 2.05) is 13.8 Å². The molecule has 16 heavy (non-hydrogen) atoms. The normalized spacial score (nSPS) is 27.2. The third-order valence-electron chi connectivity index (χ3n) is 3.36. The van der Waals surface area contributed by atoms with Crippen LogP contribution in [0.3, 0.4) is 0 Å². The number of amides is 1. The fraction of sp³-hybridized carbons (Fsp3) is 0.600. The molecule has 1 heterocycles. The number of imidazole rings is 1. The zero-order chi connectivity index (χ0) is 11.9. The van der Waals surface area contributed by atoms with Crippen LogP contribution in [0.25, 0.3) is 0 Å². The molecule has 2 rings (SSSR count). The van der Waals surface area contributed by atoms with Gasteiger partial charge in [-0.3, -0.25) is 4.79 Å². The van der Waals surface area contributed by atoms with Crippen LogP contribution in [0.1, 0.15) is 30.8 Å². The van der Waals surface area contributed by atoms with Crippen molar-refractivity contribution in [3.05, 3.63) is 22.4 Å². The maximum absolute atomic E-state index is 11.7. The molecule has 0 aromatic carbocycles. The third kappa shape index (κ3) is 1.65. The first-order valence-corrected chi connectivity index (χ1v) is 5.18. The molecule has 0 saturated heterocycles. The predicted molar refractivity (Wildman–Crippen MR) is 57.1 cm³/mol. The lowest BCUT2D eigenvalue weighted by Crippen LogP contribution is -2.61. The van der Waals surface area contributed by atoms with E-state index in [0.29, 0.717) is 6.42 Å². The quantitative estimate of drug-likeness (QED) is 0.551. The lowest BCUT2D eigenvalue weighted by molar-refractivity contribution is -0.0690. The molecule has 2 atom stereocenters. The Labute approximate surface area is 92.1 Å². The first-order chi connectivity index (χ1) is 7.41. The van der Waals surface area contributed by atoms with Gasteiger partial charge in [0.05, 0.1) is 6.10 Å². The number of rotatable bonds is 2. The van der Waals surface area contributed by atoms with Crippen LogP contribution in [0.15, 0.2) is 11.0 Å². The summed E-state index contributed by atoms with van der Waals surface area (Å²) in [5, 5.41) is 12.3. The van der Waals surface area contributed by atoms with Crippen LogP contribution in [-0.2, 0) is 0 Å². The van der Waals surface area contributed by atoms with Crippen molar-refractivity contribution in [2.24, 2.45) is 5.41 Å². The molecule has 1 aromatic heterocycles. The Morgan fingerprint density at radius 2 is 2.31 bits per heavy atom. The van der Waals surface area contributed by atoms with Crippen LogP contribution in [0.2, 0.25) is 0 Å². The topological polar surface area (TPSA) is 98.0 Å². The van der Waals surface area contributed by atoms with E-state index in [1.54, 1.807) is 0 Å². The molecule has 2 unspecified atom stereocenters. The Hall–Kier alpha value is -1.56. The van der Waals surface area contributed by atoms with Crippen molar-refractivity contribution in [1.82, 2.24) is 15.3 Å². The van der Waals surface area contributed by atoms with Crippen molar-refractivity contribution in [1.29, 1.82) is 0 Å². The molecular weight excluding hydrogens is 210 g/mol. The summed E-state index contributed by atoms with van der Waals surface area (Å²) < 4.78 is 0. The van der Waals surface area contributed by atoms with E-state index < -0.39 is 5.69 Å². The number of carbonyl (C=O) groups excluding carboxylic acids is 1. The molecule has 0 aliphatic heterocycles. The van der Waals surface area contributed by atoms with Gasteiger partial charge in [-0.2, -0.15) is 0 Å². The molecule has 1 saturated carbocycles. The van der Waals surface area contributed by atoms with Gasteiger partial charge in [-0.05, 0) is 6.42 Å². The van der Waals surface area contributed by atoms with Crippen molar-refractivity contribution in [2.45, 2.75) is 32.4 Å². The molecule has 1 fully saturated rings. The van der Waals surface area contributed by atoms with E-state index in [0.717, 1.165) is 0 Å². The van der Waals surface area contributed by atoms with Crippen molar-refractivity contribution in [2.75, 3.05) is 0 Å². The van der Waals surface area contributed by atoms with Crippen LogP contribution >= 0.6 is 0 Å². The number of carbonyl (C=O) groups is 1. The van der Waals surface area contributed by atoms with E-state index in [9.17, 15) is 14.7 Å². The number of nitrogens with one attached hydrogen (secondary N) is 3. The van der Waals surface area contributed by atoms with E-state index in [1.165, 1.54) is 6.20 Å². The zero-order valence-electron chi connectivity index (χ0n) is 9.20. The number of aliphatic hydroxyl groups is 1. The van der Waals surface area contributed by atoms with Crippen molar-refractivity contribution in [3.8, 4) is 0 Å². The molecular formula is C10H15N3O3. The fourth-order valence-electron chi connectivity index (χ4n) is 1.84. The third-order valence-corrected chi connectivity index (χ3v) is 3.36. The van der Waals surface area contributed by atoms with Crippen LogP contribution in [0, 0.1) is 5.41 Å². The predicted octanol–water partition coefficient (Wildman–Crippen LogP) is -0.408. The molecule has 0 radical (unpaired) electrons. The van der Waals surface area contributed by atoms with Gasteiger partial charge in [-0.1, -0.05) is 13.8 Å². The second-order valence-corrected chi connectivity index (χ2v) is 4.76. The number of hydrogen-bond acceptors (Lipinski definition) is 3. The highest BCUT2D eigenvalue weighted by Gasteiger charge is 2.48. The zero-order valence-corrected chi connectivity index (χ0v) is 9.20. The summed E-state index contributed by atoms with van der Waals surface area (Å²) in [6.07, 6.45) is 1.50. The smallest absolute Gasteiger partial charge is 0.323 e. The van der Waals surface area contributed by atoms with E-state index in [-0.39, 0.29) is 29.2 Å². The van der Waals surface area contributed by atoms with Gasteiger partial charge >= 0.3 is 5.69 Å². The Balaban J connectivity index is 2.02. The minimum absolute atomic E-state index is 0.0617. The molecule has 4 N–H and O–H groups in total. The molecule has 1 amide bonds. The molecule has 88 valence electrons. The van der Waals surface area contributed by atoms with Crippen LogP contribution in [0.4, 0.5) is 0 Å². The minimum atomic E-state index is -0.405. The maximum atomic E-state index is 11.7. The molecule has 6 heteroatoms. The number of H-pyrrole nitrogens is 2. The SMILES string of the molecule is CC1(C)C(O)CC1NC(=O)c1c[nH]c(=O)[nH]1. The summed E-state index contributed by atoms with van der Waals surface area (Å²) in [5.41, 5.74) is -0.507. The summed E-state index contributed by atoms with van der Waals surface area (Å²) >= 11 is 0. The van der Waals surface area contributed by atoms with E-state index in [2.05, 4.69) is 15.3 Å². The van der Waals surface area contributed by atoms with Gasteiger partial charge < -0.3 is 20.4 Å². The molecule has 6 nitrogen and oxygen atoms in total. The van der Waals surface area contributed by atoms with Crippen molar-refractivity contribution in [3.63, 3.8) is 0 Å². The maximum Gasteiger partial charge on any atom is 0.323 e. The summed E-state index contributed by atoms with van der Waals surface area (Å²) in [7, 11) is 0. The van der Waals surface area contributed by atoms with Gasteiger partial charge in [0.25, 0.3) is 5.91 Å². The number of hydrogen-bond donors (Lipinski definition) is 4. The van der Waals surface area contributed by atoms with Gasteiger partial charge in [-0.25, -0.2) is 4.79 Å². The number of aliphatic hydroxyl groups excluding tert-OH is 1. The molecule has 1 aliphatic carbocycles. The first kappa shape index (κ1) is 10.9. The Morgan fingerprint density at radius 1 is 1.62 bits per heavy atom. The summed E-state index contributed by atoms with van der Waals surface area (Å²) in [4.78, 5) is 27.2. The van der Waals surface area contributed by atoms with Gasteiger partial charge in [0, 0.05) is 17.7 Å². The largest absolute Gasteiger partial charge is 0.392 e. The van der Waals surface area contributed by atoms with Gasteiger partial charge in [0.1, 0.15) is 5.69 Å². The van der Waals surface area contributed by atoms with Crippen molar-refractivity contribution >= 4 is 5.91 Å². The molecule has 1 aromatic rings.